The van der Waals surface area contributed by atoms with E-state index in [1.54, 1.807) is 24.3 Å². The number of phenolic OH excluding ortho intramolecular Hbond substituents is 1. The van der Waals surface area contributed by atoms with E-state index in [0.29, 0.717) is 35.2 Å². The fourth-order valence-electron chi connectivity index (χ4n) is 2.67. The molecule has 3 rings (SSSR count). The lowest BCUT2D eigenvalue weighted by Crippen LogP contribution is -2.25. The van der Waals surface area contributed by atoms with Crippen molar-refractivity contribution >= 4 is 17.5 Å². The maximum Gasteiger partial charge on any atom is 0.255 e. The molecule has 1 unspecified atom stereocenters. The molecule has 0 aliphatic heterocycles. The fraction of sp³-hybridized carbons (Fsp3) is 0.143. The van der Waals surface area contributed by atoms with Crippen LogP contribution in [0.4, 0.5) is 0 Å². The number of aromatic hydroxyl groups is 1. The average molecular weight is 414 g/mol. The minimum absolute atomic E-state index is 0.162. The van der Waals surface area contributed by atoms with Crippen LogP contribution in [0.1, 0.15) is 27.8 Å². The highest BCUT2D eigenvalue weighted by molar-refractivity contribution is 6.30. The van der Waals surface area contributed by atoms with Crippen molar-refractivity contribution in [1.82, 2.24) is 10.3 Å². The van der Waals surface area contributed by atoms with E-state index in [0.717, 1.165) is 5.56 Å². The quantitative estimate of drug-likeness (QED) is 0.442. The Hall–Kier alpha value is -3.13. The van der Waals surface area contributed by atoms with E-state index < -0.39 is 6.23 Å². The molecule has 0 bridgehead atoms. The number of nitrogens with one attached hydrogen (secondary N) is 1. The number of nitrogens with zero attached hydrogens (tertiary/aromatic N) is 1. The Morgan fingerprint density at radius 3 is 2.72 bits per heavy atom. The molecule has 1 aromatic heterocycles. The zero-order valence-electron chi connectivity index (χ0n) is 15.4. The first-order chi connectivity index (χ1) is 13.9. The first-order valence-electron chi connectivity index (χ1n) is 8.85. The third-order valence-corrected chi connectivity index (χ3v) is 4.33. The lowest BCUT2D eigenvalue weighted by molar-refractivity contribution is 0.0951. The van der Waals surface area contributed by atoms with Crippen LogP contribution < -0.4 is 15.8 Å². The van der Waals surface area contributed by atoms with E-state index in [2.05, 4.69) is 10.3 Å². The minimum Gasteiger partial charge on any atom is -0.507 e. The van der Waals surface area contributed by atoms with Crippen LogP contribution in [0.15, 0.2) is 60.8 Å². The van der Waals surface area contributed by atoms with E-state index in [9.17, 15) is 15.0 Å². The van der Waals surface area contributed by atoms with Gasteiger partial charge in [0.15, 0.2) is 0 Å². The molecule has 3 aromatic rings. The molecule has 1 heterocycles. The van der Waals surface area contributed by atoms with Crippen LogP contribution >= 0.6 is 11.6 Å². The first kappa shape index (κ1) is 20.6. The topological polar surface area (TPSA) is 118 Å². The van der Waals surface area contributed by atoms with Gasteiger partial charge in [-0.15, -0.1) is 0 Å². The molecule has 2 aromatic carbocycles. The smallest absolute Gasteiger partial charge is 0.255 e. The van der Waals surface area contributed by atoms with Crippen LogP contribution in [0.25, 0.3) is 0 Å². The number of halogens is 1. The van der Waals surface area contributed by atoms with Crippen LogP contribution in [0, 0.1) is 0 Å². The zero-order valence-corrected chi connectivity index (χ0v) is 16.1. The number of aliphatic hydroxyl groups excluding tert-OH is 1. The standard InChI is InChI=1S/C21H20ClN3O4/c22-14-4-5-17(19(26)11-14)21(28)25-8-6-13-2-1-3-15(10-13)29-16-7-9-24-18(12-16)20(23)27/h1-5,7,9-12,20,26-27H,6,8,23H2,(H,25,28). The number of rotatable bonds is 7. The highest BCUT2D eigenvalue weighted by Gasteiger charge is 2.11. The van der Waals surface area contributed by atoms with Crippen LogP contribution in [-0.4, -0.2) is 27.6 Å². The Morgan fingerprint density at radius 2 is 1.97 bits per heavy atom. The summed E-state index contributed by atoms with van der Waals surface area (Å²) in [4.78, 5) is 16.2. The summed E-state index contributed by atoms with van der Waals surface area (Å²) in [6.45, 7) is 0.378. The molecular formula is C21H20ClN3O4. The van der Waals surface area contributed by atoms with Crippen molar-refractivity contribution in [2.75, 3.05) is 6.54 Å². The molecule has 0 aliphatic carbocycles. The number of hydrogen-bond acceptors (Lipinski definition) is 6. The number of carbonyl (C=O) groups is 1. The summed E-state index contributed by atoms with van der Waals surface area (Å²) in [5.74, 6) is 0.567. The molecule has 0 saturated heterocycles. The lowest BCUT2D eigenvalue weighted by atomic mass is 10.1. The Labute approximate surface area is 172 Å². The van der Waals surface area contributed by atoms with Crippen molar-refractivity contribution in [1.29, 1.82) is 0 Å². The largest absolute Gasteiger partial charge is 0.507 e. The minimum atomic E-state index is -1.17. The van der Waals surface area contributed by atoms with Gasteiger partial charge in [-0.05, 0) is 48.4 Å². The number of carbonyl (C=O) groups excluding carboxylic acids is 1. The van der Waals surface area contributed by atoms with Crippen LogP contribution in [0.5, 0.6) is 17.2 Å². The predicted octanol–water partition coefficient (Wildman–Crippen LogP) is 3.16. The van der Waals surface area contributed by atoms with Crippen molar-refractivity contribution in [3.8, 4) is 17.2 Å². The van der Waals surface area contributed by atoms with Crippen LogP contribution in [-0.2, 0) is 6.42 Å². The zero-order chi connectivity index (χ0) is 20.8. The van der Waals surface area contributed by atoms with Gasteiger partial charge in [-0.25, -0.2) is 0 Å². The van der Waals surface area contributed by atoms with Crippen molar-refractivity contribution in [2.45, 2.75) is 12.6 Å². The van der Waals surface area contributed by atoms with Gasteiger partial charge in [-0.2, -0.15) is 0 Å². The van der Waals surface area contributed by atoms with Crippen molar-refractivity contribution < 1.29 is 19.7 Å². The number of aliphatic hydroxyl groups is 1. The van der Waals surface area contributed by atoms with Crippen LogP contribution in [0.2, 0.25) is 5.02 Å². The second-order valence-corrected chi connectivity index (χ2v) is 6.71. The molecule has 0 fully saturated rings. The molecule has 29 heavy (non-hydrogen) atoms. The van der Waals surface area contributed by atoms with Gasteiger partial charge in [0.2, 0.25) is 0 Å². The number of nitrogens with two attached hydrogens (primary N) is 1. The van der Waals surface area contributed by atoms with Crippen LogP contribution in [0.3, 0.4) is 0 Å². The molecule has 0 saturated carbocycles. The molecule has 1 atom stereocenters. The number of aromatic nitrogens is 1. The van der Waals surface area contributed by atoms with Crippen molar-refractivity contribution in [3.05, 3.63) is 82.6 Å². The van der Waals surface area contributed by atoms with E-state index in [-0.39, 0.29) is 17.2 Å². The third kappa shape index (κ3) is 5.68. The number of hydrogen-bond donors (Lipinski definition) is 4. The average Bonchev–Trinajstić information content (AvgIpc) is 2.68. The molecule has 1 amide bonds. The molecule has 0 spiro atoms. The van der Waals surface area contributed by atoms with Gasteiger partial charge >= 0.3 is 0 Å². The number of phenols is 1. The summed E-state index contributed by atoms with van der Waals surface area (Å²) < 4.78 is 5.79. The van der Waals surface area contributed by atoms with Gasteiger partial charge in [0, 0.05) is 23.8 Å². The summed E-state index contributed by atoms with van der Waals surface area (Å²) in [6.07, 6.45) is 0.903. The Kier molecular flexibility index (Phi) is 6.66. The Morgan fingerprint density at radius 1 is 1.17 bits per heavy atom. The van der Waals surface area contributed by atoms with Gasteiger partial charge in [-0.3, -0.25) is 9.78 Å². The number of pyridine rings is 1. The Bertz CT molecular complexity index is 1010. The molecule has 7 nitrogen and oxygen atoms in total. The third-order valence-electron chi connectivity index (χ3n) is 4.09. The molecule has 0 radical (unpaired) electrons. The number of ether oxygens (including phenoxy) is 1. The monoisotopic (exact) mass is 413 g/mol. The normalized spacial score (nSPS) is 11.7. The maximum atomic E-state index is 12.2. The summed E-state index contributed by atoms with van der Waals surface area (Å²) in [5, 5.41) is 22.4. The molecule has 150 valence electrons. The molecule has 0 aliphatic rings. The molecule has 5 N–H and O–H groups in total. The summed E-state index contributed by atoms with van der Waals surface area (Å²) >= 11 is 5.78. The number of benzene rings is 2. The fourth-order valence-corrected chi connectivity index (χ4v) is 2.83. The predicted molar refractivity (Wildman–Crippen MR) is 109 cm³/mol. The maximum absolute atomic E-state index is 12.2. The summed E-state index contributed by atoms with van der Waals surface area (Å²) in [5.41, 5.74) is 6.85. The summed E-state index contributed by atoms with van der Waals surface area (Å²) in [7, 11) is 0. The SMILES string of the molecule is NC(O)c1cc(Oc2cccc(CCNC(=O)c3ccc(Cl)cc3O)c2)ccn1. The molecular weight excluding hydrogens is 394 g/mol. The van der Waals surface area contributed by atoms with E-state index in [4.69, 9.17) is 22.1 Å². The highest BCUT2D eigenvalue weighted by Crippen LogP contribution is 2.24. The van der Waals surface area contributed by atoms with E-state index >= 15 is 0 Å². The van der Waals surface area contributed by atoms with Crippen molar-refractivity contribution in [3.63, 3.8) is 0 Å². The first-order valence-corrected chi connectivity index (χ1v) is 9.23. The van der Waals surface area contributed by atoms with Gasteiger partial charge in [0.1, 0.15) is 23.5 Å². The van der Waals surface area contributed by atoms with E-state index in [1.807, 2.05) is 18.2 Å². The second-order valence-electron chi connectivity index (χ2n) is 6.28. The number of amides is 1. The molecule has 8 heteroatoms. The van der Waals surface area contributed by atoms with Crippen molar-refractivity contribution in [2.24, 2.45) is 5.73 Å². The van der Waals surface area contributed by atoms with Gasteiger partial charge in [0.25, 0.3) is 5.91 Å². The van der Waals surface area contributed by atoms with E-state index in [1.165, 1.54) is 18.3 Å². The second kappa shape index (κ2) is 9.38. The van der Waals surface area contributed by atoms with Gasteiger partial charge < -0.3 is 26.0 Å². The lowest BCUT2D eigenvalue weighted by Gasteiger charge is -2.10. The summed E-state index contributed by atoms with van der Waals surface area (Å²) in [6, 6.07) is 15.0. The Balaban J connectivity index is 1.58. The highest BCUT2D eigenvalue weighted by atomic mass is 35.5. The van der Waals surface area contributed by atoms with Gasteiger partial charge in [-0.1, -0.05) is 23.7 Å². The van der Waals surface area contributed by atoms with Gasteiger partial charge in [0.05, 0.1) is 11.3 Å².